The second-order valence-electron chi connectivity index (χ2n) is 3.63. The molecule has 4 nitrogen and oxygen atoms in total. The van der Waals surface area contributed by atoms with Crippen LogP contribution in [0.1, 0.15) is 13.3 Å². The molecule has 0 aromatic carbocycles. The van der Waals surface area contributed by atoms with Crippen molar-refractivity contribution in [2.24, 2.45) is 5.92 Å². The molecule has 0 aromatic heterocycles. The Labute approximate surface area is 88.5 Å². The summed E-state index contributed by atoms with van der Waals surface area (Å²) >= 11 is 0. The number of aliphatic carboxylic acids is 1. The van der Waals surface area contributed by atoms with Gasteiger partial charge in [0.15, 0.2) is 0 Å². The molecule has 5 heteroatoms. The molecule has 1 heterocycles. The number of nitrogens with one attached hydrogen (secondary N) is 2. The van der Waals surface area contributed by atoms with Gasteiger partial charge >= 0.3 is 5.97 Å². The first-order chi connectivity index (χ1) is 7.16. The lowest BCUT2D eigenvalue weighted by atomic mass is 10.0. The molecule has 15 heavy (non-hydrogen) atoms. The summed E-state index contributed by atoms with van der Waals surface area (Å²) in [7, 11) is 0. The average molecular weight is 216 g/mol. The van der Waals surface area contributed by atoms with Crippen LogP contribution in [0, 0.1) is 5.92 Å². The van der Waals surface area contributed by atoms with E-state index in [2.05, 4.69) is 10.6 Å². The van der Waals surface area contributed by atoms with Gasteiger partial charge in [0.25, 0.3) is 0 Å². The lowest BCUT2D eigenvalue weighted by molar-refractivity contribution is -0.139. The normalized spacial score (nSPS) is 24.3. The minimum absolute atomic E-state index is 0.134. The van der Waals surface area contributed by atoms with Gasteiger partial charge in [-0.15, -0.1) is 0 Å². The molecule has 1 aliphatic rings. The number of rotatable bonds is 5. The van der Waals surface area contributed by atoms with E-state index in [0.717, 1.165) is 13.0 Å². The summed E-state index contributed by atoms with van der Waals surface area (Å²) in [4.78, 5) is 10.8. The maximum absolute atomic E-state index is 13.6. The predicted molar refractivity (Wildman–Crippen MR) is 55.3 cm³/mol. The van der Waals surface area contributed by atoms with Crippen LogP contribution >= 0.6 is 0 Å². The van der Waals surface area contributed by atoms with Gasteiger partial charge in [-0.2, -0.15) is 0 Å². The number of carboxylic acids is 1. The van der Waals surface area contributed by atoms with Crippen LogP contribution in [0.2, 0.25) is 0 Å². The number of halogens is 1. The van der Waals surface area contributed by atoms with E-state index in [1.165, 1.54) is 0 Å². The van der Waals surface area contributed by atoms with E-state index in [4.69, 9.17) is 5.11 Å². The van der Waals surface area contributed by atoms with E-state index in [1.54, 1.807) is 0 Å². The van der Waals surface area contributed by atoms with Crippen molar-refractivity contribution >= 4 is 5.97 Å². The maximum Gasteiger partial charge on any atom is 0.312 e. The fourth-order valence-electron chi connectivity index (χ4n) is 1.61. The van der Waals surface area contributed by atoms with Crippen molar-refractivity contribution in [1.29, 1.82) is 0 Å². The van der Waals surface area contributed by atoms with E-state index in [9.17, 15) is 9.18 Å². The van der Waals surface area contributed by atoms with Crippen LogP contribution in [-0.4, -0.2) is 37.3 Å². The van der Waals surface area contributed by atoms with E-state index in [0.29, 0.717) is 18.7 Å². The number of hydrogen-bond acceptors (Lipinski definition) is 3. The van der Waals surface area contributed by atoms with Gasteiger partial charge in [-0.3, -0.25) is 4.79 Å². The Morgan fingerprint density at radius 3 is 3.07 bits per heavy atom. The van der Waals surface area contributed by atoms with Crippen LogP contribution in [0.5, 0.6) is 0 Å². The van der Waals surface area contributed by atoms with Gasteiger partial charge in [0.2, 0.25) is 0 Å². The highest BCUT2D eigenvalue weighted by molar-refractivity contribution is 5.75. The molecule has 0 spiro atoms. The summed E-state index contributed by atoms with van der Waals surface area (Å²) < 4.78 is 13.6. The third-order valence-corrected chi connectivity index (χ3v) is 2.44. The van der Waals surface area contributed by atoms with Crippen LogP contribution in [0.25, 0.3) is 0 Å². The molecule has 86 valence electrons. The van der Waals surface area contributed by atoms with Gasteiger partial charge in [-0.25, -0.2) is 4.39 Å². The molecule has 1 rings (SSSR count). The molecule has 3 N–H and O–H groups in total. The van der Waals surface area contributed by atoms with Crippen molar-refractivity contribution in [3.63, 3.8) is 0 Å². The molecular formula is C10H17FN2O2. The minimum Gasteiger partial charge on any atom is -0.481 e. The molecule has 0 bridgehead atoms. The molecule has 1 aliphatic heterocycles. The van der Waals surface area contributed by atoms with Crippen molar-refractivity contribution in [2.75, 3.05) is 26.2 Å². The lowest BCUT2D eigenvalue weighted by Gasteiger charge is -2.08. The maximum atomic E-state index is 13.6. The summed E-state index contributed by atoms with van der Waals surface area (Å²) in [5.74, 6) is -1.99. The zero-order valence-electron chi connectivity index (χ0n) is 8.85. The van der Waals surface area contributed by atoms with Crippen LogP contribution < -0.4 is 10.6 Å². The molecule has 0 aromatic rings. The van der Waals surface area contributed by atoms with Gasteiger partial charge in [0, 0.05) is 19.6 Å². The Kier molecular flexibility index (Phi) is 4.71. The van der Waals surface area contributed by atoms with E-state index in [1.807, 2.05) is 6.92 Å². The standard InChI is InChI=1S/C10H17FN2O2/c1-2-3-12-6-9(11)7-4-13-5-8(7)10(14)15/h8,12-13H,2-6H2,1H3,(H,14,15)/b9-7-. The second-order valence-corrected chi connectivity index (χ2v) is 3.63. The topological polar surface area (TPSA) is 61.4 Å². The second kappa shape index (κ2) is 5.82. The molecule has 1 atom stereocenters. The van der Waals surface area contributed by atoms with Crippen LogP contribution in [0.15, 0.2) is 11.4 Å². The van der Waals surface area contributed by atoms with Gasteiger partial charge in [0.05, 0.1) is 5.92 Å². The molecular weight excluding hydrogens is 199 g/mol. The van der Waals surface area contributed by atoms with Crippen molar-refractivity contribution in [3.8, 4) is 0 Å². The highest BCUT2D eigenvalue weighted by atomic mass is 19.1. The zero-order chi connectivity index (χ0) is 11.3. The monoisotopic (exact) mass is 216 g/mol. The first kappa shape index (κ1) is 12.1. The molecule has 1 unspecified atom stereocenters. The largest absolute Gasteiger partial charge is 0.481 e. The summed E-state index contributed by atoms with van der Waals surface area (Å²) in [6.45, 7) is 3.54. The number of carboxylic acid groups (broad SMARTS) is 1. The van der Waals surface area contributed by atoms with Crippen molar-refractivity contribution in [1.82, 2.24) is 10.6 Å². The van der Waals surface area contributed by atoms with Gasteiger partial charge in [-0.1, -0.05) is 6.92 Å². The van der Waals surface area contributed by atoms with Crippen molar-refractivity contribution < 1.29 is 14.3 Å². The smallest absolute Gasteiger partial charge is 0.312 e. The summed E-state index contributed by atoms with van der Waals surface area (Å²) in [6, 6.07) is 0. The Balaban J connectivity index is 2.57. The third-order valence-electron chi connectivity index (χ3n) is 2.44. The lowest BCUT2D eigenvalue weighted by Crippen LogP contribution is -2.21. The fourth-order valence-corrected chi connectivity index (χ4v) is 1.61. The quantitative estimate of drug-likeness (QED) is 0.586. The van der Waals surface area contributed by atoms with Crippen LogP contribution in [-0.2, 0) is 4.79 Å². The first-order valence-electron chi connectivity index (χ1n) is 5.18. The molecule has 0 aliphatic carbocycles. The summed E-state index contributed by atoms with van der Waals surface area (Å²) in [5, 5.41) is 14.6. The van der Waals surface area contributed by atoms with Gasteiger partial charge in [0.1, 0.15) is 5.83 Å². The van der Waals surface area contributed by atoms with Crippen molar-refractivity contribution in [2.45, 2.75) is 13.3 Å². The highest BCUT2D eigenvalue weighted by Gasteiger charge is 2.29. The Morgan fingerprint density at radius 2 is 2.47 bits per heavy atom. The molecule has 1 fully saturated rings. The summed E-state index contributed by atoms with van der Waals surface area (Å²) in [5.41, 5.74) is 0.381. The van der Waals surface area contributed by atoms with Crippen LogP contribution in [0.3, 0.4) is 0 Å². The van der Waals surface area contributed by atoms with Gasteiger partial charge < -0.3 is 15.7 Å². The first-order valence-corrected chi connectivity index (χ1v) is 5.18. The number of carbonyl (C=O) groups is 1. The SMILES string of the molecule is CCCNC/C(F)=C1\CNCC1C(=O)O. The third kappa shape index (κ3) is 3.28. The fraction of sp³-hybridized carbons (Fsp3) is 0.700. The zero-order valence-corrected chi connectivity index (χ0v) is 8.85. The van der Waals surface area contributed by atoms with Crippen molar-refractivity contribution in [3.05, 3.63) is 11.4 Å². The molecule has 0 saturated carbocycles. The Hall–Kier alpha value is -0.940. The van der Waals surface area contributed by atoms with Gasteiger partial charge in [-0.05, 0) is 18.5 Å². The number of hydrogen-bond donors (Lipinski definition) is 3. The summed E-state index contributed by atoms with van der Waals surface area (Å²) in [6.07, 6.45) is 0.934. The van der Waals surface area contributed by atoms with Crippen LogP contribution in [0.4, 0.5) is 4.39 Å². The van der Waals surface area contributed by atoms with E-state index in [-0.39, 0.29) is 12.4 Å². The predicted octanol–water partition coefficient (Wildman–Crippen LogP) is 0.514. The highest BCUT2D eigenvalue weighted by Crippen LogP contribution is 2.20. The van der Waals surface area contributed by atoms with E-state index < -0.39 is 11.9 Å². The molecule has 1 saturated heterocycles. The minimum atomic E-state index is -0.958. The average Bonchev–Trinajstić information content (AvgIpc) is 2.66. The Morgan fingerprint density at radius 1 is 1.73 bits per heavy atom. The Bertz CT molecular complexity index is 266. The molecule has 0 radical (unpaired) electrons. The molecule has 0 amide bonds. The van der Waals surface area contributed by atoms with E-state index >= 15 is 0 Å².